The van der Waals surface area contributed by atoms with Gasteiger partial charge in [0.15, 0.2) is 0 Å². The molecule has 18 heavy (non-hydrogen) atoms. The predicted molar refractivity (Wildman–Crippen MR) is 73.8 cm³/mol. The summed E-state index contributed by atoms with van der Waals surface area (Å²) >= 11 is 1.77. The fourth-order valence-electron chi connectivity index (χ4n) is 2.34. The molecule has 0 bridgehead atoms. The second-order valence-electron chi connectivity index (χ2n) is 5.65. The van der Waals surface area contributed by atoms with Gasteiger partial charge in [0, 0.05) is 24.0 Å². The molecule has 0 saturated heterocycles. The van der Waals surface area contributed by atoms with Crippen molar-refractivity contribution in [2.45, 2.75) is 45.7 Å². The number of nitrogens with zero attached hydrogens (tertiary/aromatic N) is 1. The molecule has 100 valence electrons. The number of rotatable bonds is 7. The third kappa shape index (κ3) is 3.56. The van der Waals surface area contributed by atoms with E-state index in [0.717, 1.165) is 25.9 Å². The summed E-state index contributed by atoms with van der Waals surface area (Å²) in [7, 11) is 0. The van der Waals surface area contributed by atoms with Crippen molar-refractivity contribution in [1.82, 2.24) is 4.90 Å². The number of aliphatic carboxylic acids is 1. The molecule has 0 atom stereocenters. The highest BCUT2D eigenvalue weighted by atomic mass is 32.1. The van der Waals surface area contributed by atoms with Gasteiger partial charge in [0.2, 0.25) is 0 Å². The van der Waals surface area contributed by atoms with Crippen LogP contribution in [-0.2, 0) is 11.3 Å². The molecule has 1 fully saturated rings. The Morgan fingerprint density at radius 2 is 2.28 bits per heavy atom. The van der Waals surface area contributed by atoms with Gasteiger partial charge < -0.3 is 5.11 Å². The summed E-state index contributed by atoms with van der Waals surface area (Å²) in [4.78, 5) is 14.7. The molecule has 0 aliphatic heterocycles. The van der Waals surface area contributed by atoms with Crippen molar-refractivity contribution in [3.8, 4) is 0 Å². The monoisotopic (exact) mass is 267 g/mol. The SMILES string of the molecule is CC(C)N(Cc1cccs1)CC1(CC(=O)O)CC1. The third-order valence-corrected chi connectivity index (χ3v) is 4.55. The Morgan fingerprint density at radius 1 is 1.56 bits per heavy atom. The molecule has 0 spiro atoms. The van der Waals surface area contributed by atoms with Gasteiger partial charge in [-0.3, -0.25) is 9.69 Å². The maximum atomic E-state index is 10.9. The van der Waals surface area contributed by atoms with E-state index in [2.05, 4.69) is 36.3 Å². The minimum Gasteiger partial charge on any atom is -0.481 e. The van der Waals surface area contributed by atoms with Crippen LogP contribution in [0.15, 0.2) is 17.5 Å². The van der Waals surface area contributed by atoms with Crippen molar-refractivity contribution in [2.75, 3.05) is 6.54 Å². The number of carboxylic acids is 1. The van der Waals surface area contributed by atoms with Crippen molar-refractivity contribution >= 4 is 17.3 Å². The fraction of sp³-hybridized carbons (Fsp3) is 0.643. The summed E-state index contributed by atoms with van der Waals surface area (Å²) in [6.07, 6.45) is 2.45. The van der Waals surface area contributed by atoms with Crippen LogP contribution in [0.25, 0.3) is 0 Å². The Bertz CT molecular complexity index is 396. The summed E-state index contributed by atoms with van der Waals surface area (Å²) in [6.45, 7) is 6.22. The summed E-state index contributed by atoms with van der Waals surface area (Å²) in [5, 5.41) is 11.1. The fourth-order valence-corrected chi connectivity index (χ4v) is 3.07. The van der Waals surface area contributed by atoms with Crippen molar-refractivity contribution in [3.05, 3.63) is 22.4 Å². The Morgan fingerprint density at radius 3 is 2.72 bits per heavy atom. The molecule has 1 aliphatic rings. The van der Waals surface area contributed by atoms with Crippen LogP contribution in [0.5, 0.6) is 0 Å². The van der Waals surface area contributed by atoms with E-state index in [1.54, 1.807) is 11.3 Å². The number of hydrogen-bond donors (Lipinski definition) is 1. The van der Waals surface area contributed by atoms with Gasteiger partial charge in [0.05, 0.1) is 6.42 Å². The minimum absolute atomic E-state index is 0.0490. The molecule has 1 aromatic heterocycles. The topological polar surface area (TPSA) is 40.5 Å². The van der Waals surface area contributed by atoms with Gasteiger partial charge in [0.1, 0.15) is 0 Å². The zero-order valence-electron chi connectivity index (χ0n) is 11.1. The highest BCUT2D eigenvalue weighted by Gasteiger charge is 2.45. The maximum Gasteiger partial charge on any atom is 0.303 e. The second kappa shape index (κ2) is 5.41. The smallest absolute Gasteiger partial charge is 0.303 e. The molecule has 1 heterocycles. The van der Waals surface area contributed by atoms with E-state index in [-0.39, 0.29) is 5.41 Å². The molecule has 1 aromatic rings. The zero-order valence-corrected chi connectivity index (χ0v) is 11.9. The first-order valence-electron chi connectivity index (χ1n) is 6.49. The normalized spacial score (nSPS) is 17.3. The lowest BCUT2D eigenvalue weighted by atomic mass is 10.0. The zero-order chi connectivity index (χ0) is 13.2. The van der Waals surface area contributed by atoms with E-state index >= 15 is 0 Å². The van der Waals surface area contributed by atoms with E-state index < -0.39 is 5.97 Å². The quantitative estimate of drug-likeness (QED) is 0.824. The highest BCUT2D eigenvalue weighted by molar-refractivity contribution is 7.09. The average molecular weight is 267 g/mol. The first kappa shape index (κ1) is 13.6. The van der Waals surface area contributed by atoms with Crippen LogP contribution in [0.2, 0.25) is 0 Å². The van der Waals surface area contributed by atoms with Gasteiger partial charge >= 0.3 is 5.97 Å². The standard InChI is InChI=1S/C14H21NO2S/c1-11(2)15(9-12-4-3-7-18-12)10-14(5-6-14)8-13(16)17/h3-4,7,11H,5-6,8-10H2,1-2H3,(H,16,17). The second-order valence-corrected chi connectivity index (χ2v) is 6.68. The van der Waals surface area contributed by atoms with E-state index in [1.165, 1.54) is 4.88 Å². The molecule has 0 amide bonds. The number of carbonyl (C=O) groups is 1. The largest absolute Gasteiger partial charge is 0.481 e. The highest BCUT2D eigenvalue weighted by Crippen LogP contribution is 2.49. The van der Waals surface area contributed by atoms with Crippen molar-refractivity contribution < 1.29 is 9.90 Å². The van der Waals surface area contributed by atoms with Crippen molar-refractivity contribution in [3.63, 3.8) is 0 Å². The number of carboxylic acid groups (broad SMARTS) is 1. The summed E-state index contributed by atoms with van der Waals surface area (Å²) in [5.41, 5.74) is 0.0490. The van der Waals surface area contributed by atoms with Crippen molar-refractivity contribution in [1.29, 1.82) is 0 Å². The van der Waals surface area contributed by atoms with Crippen LogP contribution >= 0.6 is 11.3 Å². The van der Waals surface area contributed by atoms with Crippen LogP contribution < -0.4 is 0 Å². The first-order chi connectivity index (χ1) is 8.51. The van der Waals surface area contributed by atoms with Gasteiger partial charge in [-0.2, -0.15) is 0 Å². The van der Waals surface area contributed by atoms with Crippen LogP contribution in [0.3, 0.4) is 0 Å². The van der Waals surface area contributed by atoms with Crippen LogP contribution in [0.4, 0.5) is 0 Å². The molecule has 1 N–H and O–H groups in total. The van der Waals surface area contributed by atoms with Gasteiger partial charge in [-0.05, 0) is 43.6 Å². The molecule has 3 nitrogen and oxygen atoms in total. The van der Waals surface area contributed by atoms with Crippen molar-refractivity contribution in [2.24, 2.45) is 5.41 Å². The lowest BCUT2D eigenvalue weighted by Crippen LogP contribution is -2.36. The third-order valence-electron chi connectivity index (χ3n) is 3.69. The Kier molecular flexibility index (Phi) is 4.07. The van der Waals surface area contributed by atoms with Gasteiger partial charge in [-0.15, -0.1) is 11.3 Å². The maximum absolute atomic E-state index is 10.9. The molecule has 0 unspecified atom stereocenters. The molecule has 0 aromatic carbocycles. The molecule has 0 radical (unpaired) electrons. The van der Waals surface area contributed by atoms with E-state index in [1.807, 2.05) is 0 Å². The van der Waals surface area contributed by atoms with Gasteiger partial charge in [-0.1, -0.05) is 6.07 Å². The predicted octanol–water partition coefficient (Wildman–Crippen LogP) is 3.21. The molecular weight excluding hydrogens is 246 g/mol. The van der Waals surface area contributed by atoms with E-state index in [0.29, 0.717) is 12.5 Å². The minimum atomic E-state index is -0.660. The summed E-state index contributed by atoms with van der Waals surface area (Å²) in [5.74, 6) is -0.660. The molecule has 1 saturated carbocycles. The Balaban J connectivity index is 1.96. The summed E-state index contributed by atoms with van der Waals surface area (Å²) < 4.78 is 0. The molecule has 1 aliphatic carbocycles. The lowest BCUT2D eigenvalue weighted by molar-refractivity contribution is -0.138. The Hall–Kier alpha value is -0.870. The summed E-state index contributed by atoms with van der Waals surface area (Å²) in [6, 6.07) is 4.68. The van der Waals surface area contributed by atoms with E-state index in [4.69, 9.17) is 5.11 Å². The molecular formula is C14H21NO2S. The Labute approximate surface area is 112 Å². The molecule has 4 heteroatoms. The average Bonchev–Trinajstić information content (AvgIpc) is 2.82. The lowest BCUT2D eigenvalue weighted by Gasteiger charge is -2.30. The molecule has 2 rings (SSSR count). The van der Waals surface area contributed by atoms with Gasteiger partial charge in [-0.25, -0.2) is 0 Å². The van der Waals surface area contributed by atoms with Crippen LogP contribution in [0, 0.1) is 5.41 Å². The van der Waals surface area contributed by atoms with E-state index in [9.17, 15) is 4.79 Å². The number of hydrogen-bond acceptors (Lipinski definition) is 3. The number of thiophene rings is 1. The van der Waals surface area contributed by atoms with Gasteiger partial charge in [0.25, 0.3) is 0 Å². The first-order valence-corrected chi connectivity index (χ1v) is 7.37. The van der Waals surface area contributed by atoms with Crippen LogP contribution in [0.1, 0.15) is 38.0 Å². The van der Waals surface area contributed by atoms with Crippen LogP contribution in [-0.4, -0.2) is 28.6 Å².